The van der Waals surface area contributed by atoms with Gasteiger partial charge in [0.2, 0.25) is 5.91 Å². The molecule has 0 bridgehead atoms. The number of nitrogens with zero attached hydrogens (tertiary/aromatic N) is 2. The Balaban J connectivity index is 1.44. The highest BCUT2D eigenvalue weighted by molar-refractivity contribution is 5.80. The summed E-state index contributed by atoms with van der Waals surface area (Å²) >= 11 is 0. The standard InChI is InChI=1S/C20H28N2O4/c23-17-7-3-4-8-18(17)26-15-19(24)21-13-9-16(10-14-21)20(25)22-11-5-1-2-6-12-22/h3-4,7-8,16,23H,1-2,5-6,9-15H2. The van der Waals surface area contributed by atoms with Gasteiger partial charge in [-0.25, -0.2) is 0 Å². The van der Waals surface area contributed by atoms with Crippen molar-refractivity contribution < 1.29 is 19.4 Å². The number of carbonyl (C=O) groups excluding carboxylic acids is 2. The summed E-state index contributed by atoms with van der Waals surface area (Å²) in [4.78, 5) is 28.8. The Hall–Kier alpha value is -2.24. The van der Waals surface area contributed by atoms with E-state index in [1.165, 1.54) is 18.9 Å². The third-order valence-corrected chi connectivity index (χ3v) is 5.33. The predicted molar refractivity (Wildman–Crippen MR) is 98.0 cm³/mol. The van der Waals surface area contributed by atoms with Gasteiger partial charge in [-0.15, -0.1) is 0 Å². The van der Waals surface area contributed by atoms with Gasteiger partial charge in [-0.2, -0.15) is 0 Å². The van der Waals surface area contributed by atoms with E-state index in [0.29, 0.717) is 18.8 Å². The highest BCUT2D eigenvalue weighted by Crippen LogP contribution is 2.25. The van der Waals surface area contributed by atoms with Crippen LogP contribution in [0.3, 0.4) is 0 Å². The highest BCUT2D eigenvalue weighted by Gasteiger charge is 2.30. The summed E-state index contributed by atoms with van der Waals surface area (Å²) in [5.74, 6) is 0.545. The smallest absolute Gasteiger partial charge is 0.260 e. The average Bonchev–Trinajstić information content (AvgIpc) is 2.96. The fraction of sp³-hybridized carbons (Fsp3) is 0.600. The number of hydrogen-bond acceptors (Lipinski definition) is 4. The zero-order valence-electron chi connectivity index (χ0n) is 15.2. The normalized spacial score (nSPS) is 19.1. The number of benzene rings is 1. The molecule has 142 valence electrons. The Labute approximate surface area is 154 Å². The maximum absolute atomic E-state index is 12.7. The van der Waals surface area contributed by atoms with Crippen LogP contribution in [-0.4, -0.2) is 59.5 Å². The van der Waals surface area contributed by atoms with Crippen molar-refractivity contribution in [1.29, 1.82) is 0 Å². The van der Waals surface area contributed by atoms with Crippen LogP contribution in [0.25, 0.3) is 0 Å². The van der Waals surface area contributed by atoms with Gasteiger partial charge in [0.1, 0.15) is 0 Å². The first-order chi connectivity index (χ1) is 12.6. The van der Waals surface area contributed by atoms with Crippen molar-refractivity contribution in [3.05, 3.63) is 24.3 Å². The highest BCUT2D eigenvalue weighted by atomic mass is 16.5. The molecule has 0 radical (unpaired) electrons. The fourth-order valence-corrected chi connectivity index (χ4v) is 3.74. The minimum atomic E-state index is -0.103. The lowest BCUT2D eigenvalue weighted by atomic mass is 9.95. The van der Waals surface area contributed by atoms with E-state index in [2.05, 4.69) is 0 Å². The molecule has 1 aromatic rings. The number of phenolic OH excluding ortho intramolecular Hbond substituents is 1. The van der Waals surface area contributed by atoms with Crippen LogP contribution in [0.15, 0.2) is 24.3 Å². The number of aromatic hydroxyl groups is 1. The fourth-order valence-electron chi connectivity index (χ4n) is 3.74. The van der Waals surface area contributed by atoms with Crippen LogP contribution in [0.2, 0.25) is 0 Å². The Morgan fingerprint density at radius 2 is 1.62 bits per heavy atom. The molecule has 0 saturated carbocycles. The average molecular weight is 360 g/mol. The van der Waals surface area contributed by atoms with Crippen molar-refractivity contribution in [3.63, 3.8) is 0 Å². The maximum Gasteiger partial charge on any atom is 0.260 e. The quantitative estimate of drug-likeness (QED) is 0.895. The molecule has 2 aliphatic rings. The van der Waals surface area contributed by atoms with E-state index < -0.39 is 0 Å². The van der Waals surface area contributed by atoms with Crippen molar-refractivity contribution in [1.82, 2.24) is 9.80 Å². The number of piperidine rings is 1. The SMILES string of the molecule is O=C(COc1ccccc1O)N1CCC(C(=O)N2CCCCCC2)CC1. The Morgan fingerprint density at radius 3 is 2.27 bits per heavy atom. The molecule has 3 rings (SSSR count). The first kappa shape index (κ1) is 18.5. The third kappa shape index (κ3) is 4.68. The molecular formula is C20H28N2O4. The van der Waals surface area contributed by atoms with E-state index in [1.54, 1.807) is 23.1 Å². The summed E-state index contributed by atoms with van der Waals surface area (Å²) in [6.45, 7) is 2.85. The molecule has 26 heavy (non-hydrogen) atoms. The number of rotatable bonds is 4. The molecule has 1 N–H and O–H groups in total. The van der Waals surface area contributed by atoms with E-state index in [1.807, 2.05) is 4.90 Å². The molecule has 2 fully saturated rings. The molecule has 2 amide bonds. The number of carbonyl (C=O) groups is 2. The number of amides is 2. The van der Waals surface area contributed by atoms with Crippen LogP contribution in [-0.2, 0) is 9.59 Å². The maximum atomic E-state index is 12.7. The number of hydrogen-bond donors (Lipinski definition) is 1. The van der Waals surface area contributed by atoms with Gasteiger partial charge in [0.05, 0.1) is 0 Å². The second-order valence-corrected chi connectivity index (χ2v) is 7.15. The second kappa shape index (κ2) is 8.92. The molecule has 2 heterocycles. The van der Waals surface area contributed by atoms with Crippen molar-refractivity contribution in [2.24, 2.45) is 5.92 Å². The molecule has 0 aliphatic carbocycles. The Bertz CT molecular complexity index is 618. The van der Waals surface area contributed by atoms with Crippen molar-refractivity contribution >= 4 is 11.8 Å². The molecule has 2 aliphatic heterocycles. The van der Waals surface area contributed by atoms with Crippen LogP contribution >= 0.6 is 0 Å². The summed E-state index contributed by atoms with van der Waals surface area (Å²) in [6.07, 6.45) is 6.08. The monoisotopic (exact) mass is 360 g/mol. The molecule has 1 aromatic carbocycles. The lowest BCUT2D eigenvalue weighted by Crippen LogP contribution is -2.45. The topological polar surface area (TPSA) is 70.1 Å². The van der Waals surface area contributed by atoms with Gasteiger partial charge in [0, 0.05) is 32.1 Å². The summed E-state index contributed by atoms with van der Waals surface area (Å²) in [5, 5.41) is 9.68. The zero-order chi connectivity index (χ0) is 18.4. The molecule has 0 aromatic heterocycles. The first-order valence-corrected chi connectivity index (χ1v) is 9.62. The molecule has 2 saturated heterocycles. The molecule has 0 atom stereocenters. The summed E-state index contributed by atoms with van der Waals surface area (Å²) in [7, 11) is 0. The van der Waals surface area contributed by atoms with Gasteiger partial charge in [0.15, 0.2) is 18.1 Å². The van der Waals surface area contributed by atoms with E-state index in [9.17, 15) is 14.7 Å². The van der Waals surface area contributed by atoms with E-state index in [0.717, 1.165) is 38.8 Å². The molecule has 0 unspecified atom stereocenters. The first-order valence-electron chi connectivity index (χ1n) is 9.62. The number of likely N-dealkylation sites (tertiary alicyclic amines) is 2. The van der Waals surface area contributed by atoms with Crippen molar-refractivity contribution in [2.45, 2.75) is 38.5 Å². The van der Waals surface area contributed by atoms with E-state index in [4.69, 9.17) is 4.74 Å². The molecule has 0 spiro atoms. The number of ether oxygens (including phenoxy) is 1. The minimum absolute atomic E-state index is 0.0297. The molecular weight excluding hydrogens is 332 g/mol. The third-order valence-electron chi connectivity index (χ3n) is 5.33. The van der Waals surface area contributed by atoms with Crippen LogP contribution in [0.1, 0.15) is 38.5 Å². The van der Waals surface area contributed by atoms with E-state index >= 15 is 0 Å². The van der Waals surface area contributed by atoms with Gasteiger partial charge < -0.3 is 19.6 Å². The number of phenols is 1. The van der Waals surface area contributed by atoms with Crippen molar-refractivity contribution in [2.75, 3.05) is 32.8 Å². The van der Waals surface area contributed by atoms with Gasteiger partial charge in [-0.3, -0.25) is 9.59 Å². The molecule has 6 nitrogen and oxygen atoms in total. The minimum Gasteiger partial charge on any atom is -0.504 e. The van der Waals surface area contributed by atoms with E-state index in [-0.39, 0.29) is 30.1 Å². The van der Waals surface area contributed by atoms with Crippen LogP contribution in [0.4, 0.5) is 0 Å². The van der Waals surface area contributed by atoms with Crippen molar-refractivity contribution in [3.8, 4) is 11.5 Å². The second-order valence-electron chi connectivity index (χ2n) is 7.15. The largest absolute Gasteiger partial charge is 0.504 e. The summed E-state index contributed by atoms with van der Waals surface area (Å²) in [6, 6.07) is 6.62. The van der Waals surface area contributed by atoms with Gasteiger partial charge in [0.25, 0.3) is 5.91 Å². The lowest BCUT2D eigenvalue weighted by molar-refractivity contribution is -0.141. The van der Waals surface area contributed by atoms with Crippen LogP contribution < -0.4 is 4.74 Å². The predicted octanol–water partition coefficient (Wildman–Crippen LogP) is 2.41. The van der Waals surface area contributed by atoms with Gasteiger partial charge in [-0.1, -0.05) is 25.0 Å². The summed E-state index contributed by atoms with van der Waals surface area (Å²) < 4.78 is 5.42. The summed E-state index contributed by atoms with van der Waals surface area (Å²) in [5.41, 5.74) is 0. The van der Waals surface area contributed by atoms with Crippen LogP contribution in [0.5, 0.6) is 11.5 Å². The lowest BCUT2D eigenvalue weighted by Gasteiger charge is -2.34. The Morgan fingerprint density at radius 1 is 0.962 bits per heavy atom. The zero-order valence-corrected chi connectivity index (χ0v) is 15.2. The van der Waals surface area contributed by atoms with Crippen LogP contribution in [0, 0.1) is 5.92 Å². The van der Waals surface area contributed by atoms with Gasteiger partial charge >= 0.3 is 0 Å². The van der Waals surface area contributed by atoms with Gasteiger partial charge in [-0.05, 0) is 37.8 Å². The Kier molecular flexibility index (Phi) is 6.36. The number of para-hydroxylation sites is 2. The molecule has 6 heteroatoms.